The molecule has 0 aromatic carbocycles. The van der Waals surface area contributed by atoms with Crippen LogP contribution in [0.2, 0.25) is 0 Å². The normalized spacial score (nSPS) is 26.1. The highest BCUT2D eigenvalue weighted by Crippen LogP contribution is 2.06. The first-order valence-electron chi connectivity index (χ1n) is 3.63. The molecule has 1 N–H and O–H groups in total. The zero-order valence-corrected chi connectivity index (χ0v) is 7.41. The van der Waals surface area contributed by atoms with Crippen molar-refractivity contribution in [1.82, 2.24) is 5.32 Å². The summed E-state index contributed by atoms with van der Waals surface area (Å²) < 4.78 is 5.48. The van der Waals surface area contributed by atoms with Gasteiger partial charge in [-0.05, 0) is 5.92 Å². The summed E-state index contributed by atoms with van der Waals surface area (Å²) >= 11 is 0. The van der Waals surface area contributed by atoms with E-state index in [1.54, 1.807) is 0 Å². The van der Waals surface area contributed by atoms with E-state index in [0.717, 1.165) is 19.7 Å². The average Bonchev–Trinajstić information content (AvgIpc) is 1.90. The van der Waals surface area contributed by atoms with E-state index in [0.29, 0.717) is 12.0 Å². The SMILES string of the molecule is CC(C)[C@H]1CNCCO1.Cl. The van der Waals surface area contributed by atoms with Gasteiger partial charge in [0, 0.05) is 13.1 Å². The fourth-order valence-electron chi connectivity index (χ4n) is 1.01. The molecule has 0 aromatic rings. The van der Waals surface area contributed by atoms with Gasteiger partial charge in [-0.3, -0.25) is 0 Å². The fourth-order valence-corrected chi connectivity index (χ4v) is 1.01. The fraction of sp³-hybridized carbons (Fsp3) is 1.00. The van der Waals surface area contributed by atoms with Gasteiger partial charge in [-0.2, -0.15) is 0 Å². The molecular weight excluding hydrogens is 150 g/mol. The van der Waals surface area contributed by atoms with Crippen LogP contribution in [0.25, 0.3) is 0 Å². The van der Waals surface area contributed by atoms with E-state index >= 15 is 0 Å². The number of rotatable bonds is 1. The first-order chi connectivity index (χ1) is 4.30. The van der Waals surface area contributed by atoms with Crippen molar-refractivity contribution in [2.45, 2.75) is 20.0 Å². The molecule has 0 spiro atoms. The molecule has 2 nitrogen and oxygen atoms in total. The van der Waals surface area contributed by atoms with Gasteiger partial charge in [0.15, 0.2) is 0 Å². The summed E-state index contributed by atoms with van der Waals surface area (Å²) in [4.78, 5) is 0. The Hall–Kier alpha value is 0.210. The summed E-state index contributed by atoms with van der Waals surface area (Å²) in [7, 11) is 0. The highest BCUT2D eigenvalue weighted by atomic mass is 35.5. The molecule has 3 heteroatoms. The minimum Gasteiger partial charge on any atom is -0.375 e. The summed E-state index contributed by atoms with van der Waals surface area (Å²) in [6.45, 7) is 7.30. The monoisotopic (exact) mass is 165 g/mol. The molecule has 10 heavy (non-hydrogen) atoms. The Bertz CT molecular complexity index is 81.7. The van der Waals surface area contributed by atoms with Gasteiger partial charge in [-0.15, -0.1) is 12.4 Å². The van der Waals surface area contributed by atoms with Crippen molar-refractivity contribution >= 4 is 12.4 Å². The Kier molecular flexibility index (Phi) is 5.04. The van der Waals surface area contributed by atoms with Crippen molar-refractivity contribution in [1.29, 1.82) is 0 Å². The van der Waals surface area contributed by atoms with Crippen LogP contribution in [-0.4, -0.2) is 25.8 Å². The number of hydrogen-bond acceptors (Lipinski definition) is 2. The zero-order chi connectivity index (χ0) is 6.69. The summed E-state index contributed by atoms with van der Waals surface area (Å²) in [5.74, 6) is 0.651. The number of morpholine rings is 1. The predicted octanol–water partition coefficient (Wildman–Crippen LogP) is 1.05. The summed E-state index contributed by atoms with van der Waals surface area (Å²) in [5, 5.41) is 3.29. The Labute approximate surface area is 68.7 Å². The lowest BCUT2D eigenvalue weighted by Gasteiger charge is -2.26. The number of ether oxygens (including phenoxy) is 1. The van der Waals surface area contributed by atoms with Crippen molar-refractivity contribution < 1.29 is 4.74 Å². The van der Waals surface area contributed by atoms with E-state index < -0.39 is 0 Å². The maximum absolute atomic E-state index is 5.48. The van der Waals surface area contributed by atoms with E-state index in [1.807, 2.05) is 0 Å². The molecule has 1 aliphatic rings. The lowest BCUT2D eigenvalue weighted by Crippen LogP contribution is -2.41. The van der Waals surface area contributed by atoms with Crippen LogP contribution >= 0.6 is 12.4 Å². The molecule has 1 rings (SSSR count). The highest BCUT2D eigenvalue weighted by Gasteiger charge is 2.15. The van der Waals surface area contributed by atoms with Crippen LogP contribution in [0.15, 0.2) is 0 Å². The molecule has 1 heterocycles. The van der Waals surface area contributed by atoms with Gasteiger partial charge in [0.05, 0.1) is 12.7 Å². The van der Waals surface area contributed by atoms with Crippen LogP contribution < -0.4 is 5.32 Å². The van der Waals surface area contributed by atoms with E-state index in [2.05, 4.69) is 19.2 Å². The molecular formula is C7H16ClNO. The first-order valence-corrected chi connectivity index (χ1v) is 3.63. The molecule has 1 saturated heterocycles. The quantitative estimate of drug-likeness (QED) is 0.628. The third-order valence-electron chi connectivity index (χ3n) is 1.70. The van der Waals surface area contributed by atoms with Gasteiger partial charge in [0.25, 0.3) is 0 Å². The second-order valence-electron chi connectivity index (χ2n) is 2.86. The first kappa shape index (κ1) is 10.2. The van der Waals surface area contributed by atoms with Crippen molar-refractivity contribution in [3.63, 3.8) is 0 Å². The molecule has 0 radical (unpaired) electrons. The third kappa shape index (κ3) is 2.86. The third-order valence-corrected chi connectivity index (χ3v) is 1.70. The number of hydrogen-bond donors (Lipinski definition) is 1. The molecule has 1 fully saturated rings. The number of nitrogens with one attached hydrogen (secondary N) is 1. The summed E-state index contributed by atoms with van der Waals surface area (Å²) in [6.07, 6.45) is 0.443. The van der Waals surface area contributed by atoms with Gasteiger partial charge in [0.2, 0.25) is 0 Å². The molecule has 0 bridgehead atoms. The standard InChI is InChI=1S/C7H15NO.ClH/c1-6(2)7-5-8-3-4-9-7;/h6-8H,3-5H2,1-2H3;1H/t7-;/m1./s1. The molecule has 1 aliphatic heterocycles. The van der Waals surface area contributed by atoms with Gasteiger partial charge in [-0.25, -0.2) is 0 Å². The van der Waals surface area contributed by atoms with Crippen molar-refractivity contribution in [3.05, 3.63) is 0 Å². The Morgan fingerprint density at radius 1 is 1.50 bits per heavy atom. The van der Waals surface area contributed by atoms with E-state index in [4.69, 9.17) is 4.74 Å². The minimum absolute atomic E-state index is 0. The zero-order valence-electron chi connectivity index (χ0n) is 6.59. The van der Waals surface area contributed by atoms with Gasteiger partial charge < -0.3 is 10.1 Å². The lowest BCUT2D eigenvalue weighted by atomic mass is 10.1. The van der Waals surface area contributed by atoms with Crippen LogP contribution in [0.1, 0.15) is 13.8 Å². The van der Waals surface area contributed by atoms with Crippen LogP contribution in [0.3, 0.4) is 0 Å². The molecule has 1 atom stereocenters. The minimum atomic E-state index is 0. The topological polar surface area (TPSA) is 21.3 Å². The lowest BCUT2D eigenvalue weighted by molar-refractivity contribution is 0.000508. The Balaban J connectivity index is 0.000000810. The Morgan fingerprint density at radius 2 is 2.20 bits per heavy atom. The van der Waals surface area contributed by atoms with Gasteiger partial charge >= 0.3 is 0 Å². The van der Waals surface area contributed by atoms with Gasteiger partial charge in [0.1, 0.15) is 0 Å². The van der Waals surface area contributed by atoms with E-state index in [1.165, 1.54) is 0 Å². The van der Waals surface area contributed by atoms with Crippen LogP contribution in [0.4, 0.5) is 0 Å². The molecule has 0 amide bonds. The van der Waals surface area contributed by atoms with E-state index in [9.17, 15) is 0 Å². The van der Waals surface area contributed by atoms with Crippen molar-refractivity contribution in [2.75, 3.05) is 19.7 Å². The number of halogens is 1. The van der Waals surface area contributed by atoms with Crippen LogP contribution in [0, 0.1) is 5.92 Å². The van der Waals surface area contributed by atoms with Crippen LogP contribution in [-0.2, 0) is 4.74 Å². The summed E-state index contributed by atoms with van der Waals surface area (Å²) in [5.41, 5.74) is 0. The van der Waals surface area contributed by atoms with Crippen molar-refractivity contribution in [3.8, 4) is 0 Å². The Morgan fingerprint density at radius 3 is 2.50 bits per heavy atom. The molecule has 0 unspecified atom stereocenters. The highest BCUT2D eigenvalue weighted by molar-refractivity contribution is 5.85. The van der Waals surface area contributed by atoms with Gasteiger partial charge in [-0.1, -0.05) is 13.8 Å². The van der Waals surface area contributed by atoms with E-state index in [-0.39, 0.29) is 12.4 Å². The van der Waals surface area contributed by atoms with Crippen LogP contribution in [0.5, 0.6) is 0 Å². The largest absolute Gasteiger partial charge is 0.375 e. The average molecular weight is 166 g/mol. The smallest absolute Gasteiger partial charge is 0.0722 e. The molecule has 0 aromatic heterocycles. The molecule has 0 aliphatic carbocycles. The maximum atomic E-state index is 5.48. The maximum Gasteiger partial charge on any atom is 0.0722 e. The second kappa shape index (κ2) is 4.94. The predicted molar refractivity (Wildman–Crippen MR) is 44.7 cm³/mol. The molecule has 0 saturated carbocycles. The summed E-state index contributed by atoms with van der Waals surface area (Å²) in [6, 6.07) is 0. The second-order valence-corrected chi connectivity index (χ2v) is 2.86. The molecule has 62 valence electrons. The van der Waals surface area contributed by atoms with Crippen molar-refractivity contribution in [2.24, 2.45) is 5.92 Å².